The number of hydrogen-bond acceptors (Lipinski definition) is 3. The molecule has 92 valence electrons. The highest BCUT2D eigenvalue weighted by Crippen LogP contribution is 2.14. The van der Waals surface area contributed by atoms with Gasteiger partial charge in [-0.1, -0.05) is 24.3 Å². The summed E-state index contributed by atoms with van der Waals surface area (Å²) in [5.41, 5.74) is 2.23. The smallest absolute Gasteiger partial charge is 0.309 e. The Morgan fingerprint density at radius 2 is 2.18 bits per heavy atom. The maximum atomic E-state index is 11.1. The lowest BCUT2D eigenvalue weighted by atomic mass is 10.1. The van der Waals surface area contributed by atoms with Crippen molar-refractivity contribution in [2.75, 3.05) is 25.6 Å². The minimum Gasteiger partial charge on any atom is -0.466 e. The number of hydrogen-bond donors (Lipinski definition) is 0. The van der Waals surface area contributed by atoms with E-state index >= 15 is 0 Å². The van der Waals surface area contributed by atoms with Crippen LogP contribution in [0.1, 0.15) is 18.9 Å². The second-order valence-corrected chi connectivity index (χ2v) is 3.90. The first-order valence-corrected chi connectivity index (χ1v) is 5.73. The van der Waals surface area contributed by atoms with Gasteiger partial charge in [0.25, 0.3) is 0 Å². The van der Waals surface area contributed by atoms with Crippen LogP contribution in [0.5, 0.6) is 0 Å². The number of carbonyl (C=O) groups excluding carboxylic acids is 1. The molecule has 1 aromatic rings. The molecule has 0 aliphatic rings. The monoisotopic (exact) mass is 233 g/mol. The Labute approximate surface area is 103 Å². The Hall–Kier alpha value is -1.77. The molecule has 17 heavy (non-hydrogen) atoms. The molecule has 0 radical (unpaired) electrons. The zero-order valence-electron chi connectivity index (χ0n) is 10.6. The maximum Gasteiger partial charge on any atom is 0.309 e. The van der Waals surface area contributed by atoms with Crippen LogP contribution in [-0.2, 0) is 9.53 Å². The molecule has 3 heteroatoms. The van der Waals surface area contributed by atoms with Crippen LogP contribution in [0.15, 0.2) is 30.3 Å². The zero-order chi connectivity index (χ0) is 12.7. The summed E-state index contributed by atoms with van der Waals surface area (Å²) in [6.45, 7) is 2.24. The van der Waals surface area contributed by atoms with E-state index in [1.807, 2.05) is 56.3 Å². The second kappa shape index (κ2) is 6.74. The Balaban J connectivity index is 2.59. The predicted molar refractivity (Wildman–Crippen MR) is 71.1 cm³/mol. The van der Waals surface area contributed by atoms with Crippen LogP contribution in [-0.4, -0.2) is 26.7 Å². The first-order valence-electron chi connectivity index (χ1n) is 5.73. The quantitative estimate of drug-likeness (QED) is 0.732. The Bertz CT molecular complexity index is 397. The predicted octanol–water partition coefficient (Wildman–Crippen LogP) is 2.72. The lowest BCUT2D eigenvalue weighted by molar-refractivity contribution is -0.142. The van der Waals surface area contributed by atoms with Gasteiger partial charge in [-0.25, -0.2) is 0 Å². The molecule has 0 fully saturated rings. The van der Waals surface area contributed by atoms with Crippen molar-refractivity contribution < 1.29 is 9.53 Å². The van der Waals surface area contributed by atoms with Crippen LogP contribution < -0.4 is 4.90 Å². The van der Waals surface area contributed by atoms with Crippen LogP contribution in [0.2, 0.25) is 0 Å². The molecule has 0 bridgehead atoms. The SMILES string of the molecule is CCOC(=O)CC=Cc1cccc(N(C)C)c1. The van der Waals surface area contributed by atoms with Gasteiger partial charge in [0.2, 0.25) is 0 Å². The first kappa shape index (κ1) is 13.3. The molecule has 0 N–H and O–H groups in total. The van der Waals surface area contributed by atoms with Crippen LogP contribution in [0.4, 0.5) is 5.69 Å². The number of ether oxygens (including phenoxy) is 1. The lowest BCUT2D eigenvalue weighted by Crippen LogP contribution is -2.08. The minimum absolute atomic E-state index is 0.187. The van der Waals surface area contributed by atoms with Gasteiger partial charge in [0, 0.05) is 19.8 Å². The molecular formula is C14H19NO2. The van der Waals surface area contributed by atoms with E-state index in [1.165, 1.54) is 0 Å². The summed E-state index contributed by atoms with van der Waals surface area (Å²) in [5.74, 6) is -0.187. The summed E-state index contributed by atoms with van der Waals surface area (Å²) in [6.07, 6.45) is 4.08. The molecule has 1 aromatic carbocycles. The van der Waals surface area contributed by atoms with Crippen molar-refractivity contribution >= 4 is 17.7 Å². The van der Waals surface area contributed by atoms with Crippen molar-refractivity contribution in [3.05, 3.63) is 35.9 Å². The second-order valence-electron chi connectivity index (χ2n) is 3.90. The van der Waals surface area contributed by atoms with E-state index in [4.69, 9.17) is 4.74 Å². The fourth-order valence-electron chi connectivity index (χ4n) is 1.42. The van der Waals surface area contributed by atoms with E-state index in [-0.39, 0.29) is 5.97 Å². The highest BCUT2D eigenvalue weighted by Gasteiger charge is 1.97. The van der Waals surface area contributed by atoms with Gasteiger partial charge in [-0.3, -0.25) is 4.79 Å². The van der Waals surface area contributed by atoms with Gasteiger partial charge in [-0.15, -0.1) is 0 Å². The van der Waals surface area contributed by atoms with E-state index in [0.29, 0.717) is 13.0 Å². The molecule has 0 saturated heterocycles. The van der Waals surface area contributed by atoms with Gasteiger partial charge < -0.3 is 9.64 Å². The number of benzene rings is 1. The average molecular weight is 233 g/mol. The zero-order valence-corrected chi connectivity index (χ0v) is 10.6. The number of anilines is 1. The lowest BCUT2D eigenvalue weighted by Gasteiger charge is -2.12. The van der Waals surface area contributed by atoms with Gasteiger partial charge in [0.1, 0.15) is 0 Å². The van der Waals surface area contributed by atoms with Crippen molar-refractivity contribution in [3.63, 3.8) is 0 Å². The fourth-order valence-corrected chi connectivity index (χ4v) is 1.42. The average Bonchev–Trinajstić information content (AvgIpc) is 2.30. The number of carbonyl (C=O) groups is 1. The Morgan fingerprint density at radius 1 is 1.41 bits per heavy atom. The number of rotatable bonds is 5. The summed E-state index contributed by atoms with van der Waals surface area (Å²) in [7, 11) is 4.00. The van der Waals surface area contributed by atoms with Gasteiger partial charge in [-0.2, -0.15) is 0 Å². The summed E-state index contributed by atoms with van der Waals surface area (Å²) in [4.78, 5) is 13.2. The van der Waals surface area contributed by atoms with E-state index in [9.17, 15) is 4.79 Å². The van der Waals surface area contributed by atoms with Crippen LogP contribution in [0.25, 0.3) is 6.08 Å². The molecule has 0 heterocycles. The number of esters is 1. The topological polar surface area (TPSA) is 29.5 Å². The first-order chi connectivity index (χ1) is 8.13. The van der Waals surface area contributed by atoms with Gasteiger partial charge in [-0.05, 0) is 24.6 Å². The molecule has 3 nitrogen and oxygen atoms in total. The third kappa shape index (κ3) is 4.72. The third-order valence-electron chi connectivity index (χ3n) is 2.29. The number of nitrogens with zero attached hydrogens (tertiary/aromatic N) is 1. The van der Waals surface area contributed by atoms with Crippen LogP contribution in [0.3, 0.4) is 0 Å². The Kier molecular flexibility index (Phi) is 5.27. The van der Waals surface area contributed by atoms with Crippen LogP contribution in [0, 0.1) is 0 Å². The summed E-state index contributed by atoms with van der Waals surface area (Å²) in [5, 5.41) is 0. The maximum absolute atomic E-state index is 11.1. The largest absolute Gasteiger partial charge is 0.466 e. The molecule has 0 atom stereocenters. The van der Waals surface area contributed by atoms with Crippen molar-refractivity contribution in [2.45, 2.75) is 13.3 Å². The molecule has 0 unspecified atom stereocenters. The van der Waals surface area contributed by atoms with Crippen LogP contribution >= 0.6 is 0 Å². The van der Waals surface area contributed by atoms with E-state index in [1.54, 1.807) is 0 Å². The fraction of sp³-hybridized carbons (Fsp3) is 0.357. The minimum atomic E-state index is -0.187. The highest BCUT2D eigenvalue weighted by molar-refractivity contribution is 5.72. The summed E-state index contributed by atoms with van der Waals surface area (Å²) >= 11 is 0. The summed E-state index contributed by atoms with van der Waals surface area (Å²) < 4.78 is 4.84. The van der Waals surface area contributed by atoms with E-state index in [0.717, 1.165) is 11.3 Å². The standard InChI is InChI=1S/C14H19NO2/c1-4-17-14(16)10-6-8-12-7-5-9-13(11-12)15(2)3/h5-9,11H,4,10H2,1-3H3. The van der Waals surface area contributed by atoms with Crippen molar-refractivity contribution in [1.82, 2.24) is 0 Å². The molecule has 0 saturated carbocycles. The van der Waals surface area contributed by atoms with Gasteiger partial charge >= 0.3 is 5.97 Å². The van der Waals surface area contributed by atoms with Crippen molar-refractivity contribution in [2.24, 2.45) is 0 Å². The molecule has 0 aliphatic heterocycles. The molecule has 1 rings (SSSR count). The van der Waals surface area contributed by atoms with E-state index in [2.05, 4.69) is 6.07 Å². The van der Waals surface area contributed by atoms with Crippen molar-refractivity contribution in [3.8, 4) is 0 Å². The molecular weight excluding hydrogens is 214 g/mol. The molecule has 0 spiro atoms. The Morgan fingerprint density at radius 3 is 2.82 bits per heavy atom. The molecule has 0 amide bonds. The van der Waals surface area contributed by atoms with Crippen molar-refractivity contribution in [1.29, 1.82) is 0 Å². The van der Waals surface area contributed by atoms with Gasteiger partial charge in [0.05, 0.1) is 13.0 Å². The van der Waals surface area contributed by atoms with E-state index < -0.39 is 0 Å². The van der Waals surface area contributed by atoms with Gasteiger partial charge in [0.15, 0.2) is 0 Å². The molecule has 0 aliphatic carbocycles. The molecule has 0 aromatic heterocycles. The highest BCUT2D eigenvalue weighted by atomic mass is 16.5. The third-order valence-corrected chi connectivity index (χ3v) is 2.29. The summed E-state index contributed by atoms with van der Waals surface area (Å²) in [6, 6.07) is 8.12. The normalized spacial score (nSPS) is 10.5.